The molecule has 1 N–H and O–H groups in total. The van der Waals surface area contributed by atoms with Crippen LogP contribution in [-0.2, 0) is 4.79 Å². The summed E-state index contributed by atoms with van der Waals surface area (Å²) in [5, 5.41) is 11.9. The summed E-state index contributed by atoms with van der Waals surface area (Å²) >= 11 is 0. The molecule has 1 aromatic heterocycles. The molecule has 1 heterocycles. The Labute approximate surface area is 123 Å². The maximum atomic E-state index is 12.1. The van der Waals surface area contributed by atoms with E-state index in [0.29, 0.717) is 5.69 Å². The van der Waals surface area contributed by atoms with Crippen LogP contribution in [-0.4, -0.2) is 10.9 Å². The van der Waals surface area contributed by atoms with Gasteiger partial charge in [-0.05, 0) is 30.7 Å². The van der Waals surface area contributed by atoms with E-state index < -0.39 is 5.91 Å². The largest absolute Gasteiger partial charge is 0.345 e. The van der Waals surface area contributed by atoms with Crippen molar-refractivity contribution < 1.29 is 4.79 Å². The van der Waals surface area contributed by atoms with Gasteiger partial charge in [-0.1, -0.05) is 36.4 Å². The lowest BCUT2D eigenvalue weighted by Gasteiger charge is -2.13. The first-order chi connectivity index (χ1) is 10.2. The summed E-state index contributed by atoms with van der Waals surface area (Å²) < 4.78 is 0. The summed E-state index contributed by atoms with van der Waals surface area (Å²) in [5.41, 5.74) is 1.61. The number of pyridine rings is 1. The zero-order chi connectivity index (χ0) is 15.1. The number of nitrogens with one attached hydrogen (secondary N) is 1. The molecule has 0 saturated heterocycles. The van der Waals surface area contributed by atoms with Crippen LogP contribution in [0.5, 0.6) is 0 Å². The zero-order valence-corrected chi connectivity index (χ0v) is 11.7. The quantitative estimate of drug-likeness (QED) is 0.690. The van der Waals surface area contributed by atoms with E-state index in [1.54, 1.807) is 24.4 Å². The Morgan fingerprint density at radius 2 is 1.95 bits per heavy atom. The lowest BCUT2D eigenvalue weighted by Crippen LogP contribution is -2.27. The van der Waals surface area contributed by atoms with Crippen molar-refractivity contribution in [3.05, 3.63) is 71.6 Å². The van der Waals surface area contributed by atoms with Crippen LogP contribution >= 0.6 is 0 Å². The molecule has 2 rings (SSSR count). The fraction of sp³-hybridized carbons (Fsp3) is 0.118. The number of nitriles is 1. The van der Waals surface area contributed by atoms with Gasteiger partial charge in [0.1, 0.15) is 11.6 Å². The Hall–Kier alpha value is -2.93. The van der Waals surface area contributed by atoms with Gasteiger partial charge >= 0.3 is 0 Å². The molecule has 1 amide bonds. The van der Waals surface area contributed by atoms with Gasteiger partial charge in [-0.3, -0.25) is 9.78 Å². The minimum Gasteiger partial charge on any atom is -0.345 e. The van der Waals surface area contributed by atoms with Gasteiger partial charge in [0.2, 0.25) is 0 Å². The van der Waals surface area contributed by atoms with Crippen molar-refractivity contribution in [2.45, 2.75) is 13.0 Å². The van der Waals surface area contributed by atoms with Crippen molar-refractivity contribution in [1.29, 1.82) is 5.26 Å². The van der Waals surface area contributed by atoms with Crippen LogP contribution in [0.4, 0.5) is 0 Å². The fourth-order valence-electron chi connectivity index (χ4n) is 1.86. The molecule has 1 atom stereocenters. The second-order valence-corrected chi connectivity index (χ2v) is 4.53. The Morgan fingerprint density at radius 3 is 2.57 bits per heavy atom. The highest BCUT2D eigenvalue weighted by Crippen LogP contribution is 2.12. The van der Waals surface area contributed by atoms with Crippen LogP contribution < -0.4 is 5.32 Å². The molecule has 4 heteroatoms. The van der Waals surface area contributed by atoms with Crippen molar-refractivity contribution >= 4 is 12.0 Å². The van der Waals surface area contributed by atoms with Crippen molar-refractivity contribution in [1.82, 2.24) is 10.3 Å². The molecule has 0 saturated carbocycles. The maximum Gasteiger partial charge on any atom is 0.262 e. The number of nitrogens with zero attached hydrogens (tertiary/aromatic N) is 2. The third-order valence-electron chi connectivity index (χ3n) is 2.99. The summed E-state index contributed by atoms with van der Waals surface area (Å²) in [7, 11) is 0. The number of carbonyl (C=O) groups is 1. The van der Waals surface area contributed by atoms with E-state index in [4.69, 9.17) is 5.26 Å². The summed E-state index contributed by atoms with van der Waals surface area (Å²) in [5.74, 6) is -0.403. The second kappa shape index (κ2) is 7.01. The summed E-state index contributed by atoms with van der Waals surface area (Å²) in [6.45, 7) is 1.88. The highest BCUT2D eigenvalue weighted by Gasteiger charge is 2.13. The average Bonchev–Trinajstić information content (AvgIpc) is 2.54. The van der Waals surface area contributed by atoms with Gasteiger partial charge in [-0.2, -0.15) is 5.26 Å². The molecule has 104 valence electrons. The predicted molar refractivity (Wildman–Crippen MR) is 80.8 cm³/mol. The van der Waals surface area contributed by atoms with Gasteiger partial charge < -0.3 is 5.32 Å². The molecule has 0 aliphatic rings. The third kappa shape index (κ3) is 4.02. The topological polar surface area (TPSA) is 65.8 Å². The minimum atomic E-state index is -0.403. The van der Waals surface area contributed by atoms with Gasteiger partial charge in [0.25, 0.3) is 5.91 Å². The van der Waals surface area contributed by atoms with E-state index in [1.165, 1.54) is 6.08 Å². The van der Waals surface area contributed by atoms with Gasteiger partial charge in [-0.15, -0.1) is 0 Å². The molecule has 4 nitrogen and oxygen atoms in total. The minimum absolute atomic E-state index is 0.0384. The van der Waals surface area contributed by atoms with E-state index >= 15 is 0 Å². The van der Waals surface area contributed by atoms with Gasteiger partial charge in [-0.25, -0.2) is 0 Å². The standard InChI is InChI=1S/C17H15N3O/c1-13(14-7-3-2-4-8-14)20-17(21)15(12-18)11-16-9-5-6-10-19-16/h2-11,13H,1H3,(H,20,21)/b15-11+/t13-/m0/s1. The number of rotatable bonds is 4. The van der Waals surface area contributed by atoms with E-state index in [1.807, 2.05) is 43.3 Å². The summed E-state index contributed by atoms with van der Waals surface area (Å²) in [4.78, 5) is 16.2. The predicted octanol–water partition coefficient (Wildman–Crippen LogP) is 2.87. The van der Waals surface area contributed by atoms with Gasteiger partial charge in [0.15, 0.2) is 0 Å². The molecular formula is C17H15N3O. The average molecular weight is 277 g/mol. The van der Waals surface area contributed by atoms with Gasteiger partial charge in [0.05, 0.1) is 11.7 Å². The summed E-state index contributed by atoms with van der Waals surface area (Å²) in [6, 6.07) is 16.7. The first-order valence-corrected chi connectivity index (χ1v) is 6.59. The Balaban J connectivity index is 2.11. The van der Waals surface area contributed by atoms with Crippen LogP contribution in [0.2, 0.25) is 0 Å². The van der Waals surface area contributed by atoms with E-state index in [9.17, 15) is 4.79 Å². The van der Waals surface area contributed by atoms with Crippen molar-refractivity contribution in [3.63, 3.8) is 0 Å². The molecule has 0 bridgehead atoms. The number of benzene rings is 1. The van der Waals surface area contributed by atoms with E-state index in [0.717, 1.165) is 5.56 Å². The molecule has 1 aromatic carbocycles. The van der Waals surface area contributed by atoms with Gasteiger partial charge in [0, 0.05) is 6.20 Å². The maximum absolute atomic E-state index is 12.1. The molecule has 0 radical (unpaired) electrons. The molecule has 0 spiro atoms. The van der Waals surface area contributed by atoms with Crippen molar-refractivity contribution in [2.24, 2.45) is 0 Å². The first-order valence-electron chi connectivity index (χ1n) is 6.59. The van der Waals surface area contributed by atoms with E-state index in [2.05, 4.69) is 10.3 Å². The van der Waals surface area contributed by atoms with Crippen molar-refractivity contribution in [3.8, 4) is 6.07 Å². The summed E-state index contributed by atoms with van der Waals surface area (Å²) in [6.07, 6.45) is 3.10. The Bertz CT molecular complexity index is 672. The highest BCUT2D eigenvalue weighted by atomic mass is 16.1. The zero-order valence-electron chi connectivity index (χ0n) is 11.7. The van der Waals surface area contributed by atoms with Crippen LogP contribution in [0.3, 0.4) is 0 Å². The number of hydrogen-bond donors (Lipinski definition) is 1. The second-order valence-electron chi connectivity index (χ2n) is 4.53. The third-order valence-corrected chi connectivity index (χ3v) is 2.99. The SMILES string of the molecule is C[C@H](NC(=O)/C(C#N)=C/c1ccccn1)c1ccccc1. The number of carbonyl (C=O) groups excluding carboxylic acids is 1. The molecule has 21 heavy (non-hydrogen) atoms. The molecule has 0 aliphatic carbocycles. The normalized spacial score (nSPS) is 12.3. The molecule has 2 aromatic rings. The first kappa shape index (κ1) is 14.5. The Morgan fingerprint density at radius 1 is 1.24 bits per heavy atom. The molecule has 0 fully saturated rings. The van der Waals surface area contributed by atoms with Crippen LogP contribution in [0, 0.1) is 11.3 Å². The number of amides is 1. The molecular weight excluding hydrogens is 262 g/mol. The van der Waals surface area contributed by atoms with Crippen molar-refractivity contribution in [2.75, 3.05) is 0 Å². The van der Waals surface area contributed by atoms with Crippen LogP contribution in [0.1, 0.15) is 24.2 Å². The fourth-order valence-corrected chi connectivity index (χ4v) is 1.86. The van der Waals surface area contributed by atoms with E-state index in [-0.39, 0.29) is 11.6 Å². The van der Waals surface area contributed by atoms with Crippen LogP contribution in [0.15, 0.2) is 60.3 Å². The number of aromatic nitrogens is 1. The number of hydrogen-bond acceptors (Lipinski definition) is 3. The lowest BCUT2D eigenvalue weighted by atomic mass is 10.1. The smallest absolute Gasteiger partial charge is 0.262 e. The lowest BCUT2D eigenvalue weighted by molar-refractivity contribution is -0.117. The molecule has 0 unspecified atom stereocenters. The monoisotopic (exact) mass is 277 g/mol. The highest BCUT2D eigenvalue weighted by molar-refractivity contribution is 6.01. The Kier molecular flexibility index (Phi) is 4.84. The molecule has 0 aliphatic heterocycles. The van der Waals surface area contributed by atoms with Crippen LogP contribution in [0.25, 0.3) is 6.08 Å².